The molecule has 1 aliphatic carbocycles. The van der Waals surface area contributed by atoms with Crippen LogP contribution in [0.5, 0.6) is 0 Å². The molecule has 1 aliphatic heterocycles. The van der Waals surface area contributed by atoms with Gasteiger partial charge in [0.15, 0.2) is 0 Å². The van der Waals surface area contributed by atoms with Gasteiger partial charge in [-0.25, -0.2) is 0 Å². The van der Waals surface area contributed by atoms with Gasteiger partial charge >= 0.3 is 5.97 Å². The molecule has 148 valence electrons. The molecular formula is C19H31N2O5-. The fourth-order valence-electron chi connectivity index (χ4n) is 4.38. The maximum atomic E-state index is 13.1. The molecule has 1 N–H and O–H groups in total. The molecule has 5 atom stereocenters. The molecule has 0 bridgehead atoms. The standard InChI is InChI=1S/C19H32N2O5/c1-4-8-14(19(25)26-5-2)20-12(3)17(22)21-15-10-7-6-9-13(15)11-16(21)18(23)24/h12-16,20H,4-11H2,1-3H3,(H,23,24)/p-1/t12-,13-,14-,15-,16-/m0/s1. The minimum Gasteiger partial charge on any atom is -0.548 e. The molecule has 0 aromatic heterocycles. The topological polar surface area (TPSA) is 98.8 Å². The highest BCUT2D eigenvalue weighted by Gasteiger charge is 2.46. The van der Waals surface area contributed by atoms with E-state index in [2.05, 4.69) is 5.32 Å². The quantitative estimate of drug-likeness (QED) is 0.631. The molecule has 2 aliphatic rings. The van der Waals surface area contributed by atoms with Gasteiger partial charge in [-0.05, 0) is 45.4 Å². The second-order valence-corrected chi connectivity index (χ2v) is 7.41. The summed E-state index contributed by atoms with van der Waals surface area (Å²) in [6, 6.07) is -2.12. The number of nitrogens with one attached hydrogen (secondary N) is 1. The van der Waals surface area contributed by atoms with Crippen LogP contribution in [-0.4, -0.2) is 53.5 Å². The summed E-state index contributed by atoms with van der Waals surface area (Å²) in [4.78, 5) is 38.3. The molecule has 2 rings (SSSR count). The number of hydrogen-bond donors (Lipinski definition) is 1. The van der Waals surface area contributed by atoms with Gasteiger partial charge < -0.3 is 19.5 Å². The van der Waals surface area contributed by atoms with Crippen molar-refractivity contribution >= 4 is 17.8 Å². The molecule has 0 spiro atoms. The third-order valence-corrected chi connectivity index (χ3v) is 5.58. The zero-order valence-electron chi connectivity index (χ0n) is 16.0. The Hall–Kier alpha value is -1.63. The molecule has 0 radical (unpaired) electrons. The third kappa shape index (κ3) is 4.55. The van der Waals surface area contributed by atoms with E-state index in [9.17, 15) is 19.5 Å². The first-order valence-electron chi connectivity index (χ1n) is 9.86. The SMILES string of the molecule is CCC[C@H](N[C@@H](C)C(=O)N1[C@H](C(=O)[O-])C[C@@H]2CCCC[C@@H]21)C(=O)OCC. The third-order valence-electron chi connectivity index (χ3n) is 5.58. The predicted octanol–water partition coefficient (Wildman–Crippen LogP) is 0.606. The van der Waals surface area contributed by atoms with Crippen molar-refractivity contribution in [2.75, 3.05) is 6.61 Å². The Labute approximate surface area is 155 Å². The van der Waals surface area contributed by atoms with Crippen molar-refractivity contribution in [2.45, 2.75) is 89.9 Å². The zero-order valence-corrected chi connectivity index (χ0v) is 16.0. The first kappa shape index (κ1) is 20.7. The van der Waals surface area contributed by atoms with Crippen molar-refractivity contribution in [3.05, 3.63) is 0 Å². The molecule has 26 heavy (non-hydrogen) atoms. The maximum Gasteiger partial charge on any atom is 0.323 e. The molecule has 0 aromatic rings. The molecule has 0 unspecified atom stereocenters. The van der Waals surface area contributed by atoms with Crippen LogP contribution in [0.1, 0.15) is 65.7 Å². The number of likely N-dealkylation sites (tertiary alicyclic amines) is 1. The lowest BCUT2D eigenvalue weighted by Crippen LogP contribution is -2.57. The van der Waals surface area contributed by atoms with Gasteiger partial charge in [-0.2, -0.15) is 0 Å². The smallest absolute Gasteiger partial charge is 0.323 e. The van der Waals surface area contributed by atoms with E-state index < -0.39 is 24.1 Å². The summed E-state index contributed by atoms with van der Waals surface area (Å²) in [5.41, 5.74) is 0. The zero-order chi connectivity index (χ0) is 19.3. The van der Waals surface area contributed by atoms with Gasteiger partial charge in [-0.15, -0.1) is 0 Å². The molecule has 2 fully saturated rings. The van der Waals surface area contributed by atoms with Crippen LogP contribution in [-0.2, 0) is 19.1 Å². The first-order chi connectivity index (χ1) is 12.4. The van der Waals surface area contributed by atoms with E-state index in [-0.39, 0.29) is 30.4 Å². The molecule has 1 saturated carbocycles. The van der Waals surface area contributed by atoms with E-state index in [1.807, 2.05) is 6.92 Å². The second kappa shape index (κ2) is 9.35. The highest BCUT2D eigenvalue weighted by atomic mass is 16.5. The summed E-state index contributed by atoms with van der Waals surface area (Å²) in [5, 5.41) is 14.7. The van der Waals surface area contributed by atoms with Crippen LogP contribution in [0.2, 0.25) is 0 Å². The highest BCUT2D eigenvalue weighted by Crippen LogP contribution is 2.39. The number of aliphatic carboxylic acids is 1. The Balaban J connectivity index is 2.10. The summed E-state index contributed by atoms with van der Waals surface area (Å²) < 4.78 is 5.08. The van der Waals surface area contributed by atoms with Crippen LogP contribution in [0.3, 0.4) is 0 Å². The number of amides is 1. The van der Waals surface area contributed by atoms with Crippen LogP contribution >= 0.6 is 0 Å². The average Bonchev–Trinajstić information content (AvgIpc) is 3.00. The van der Waals surface area contributed by atoms with E-state index in [0.717, 1.165) is 32.1 Å². The molecule has 1 amide bonds. The molecule has 7 nitrogen and oxygen atoms in total. The molecule has 7 heteroatoms. The average molecular weight is 367 g/mol. The molecule has 1 saturated heterocycles. The van der Waals surface area contributed by atoms with E-state index in [1.54, 1.807) is 13.8 Å². The van der Waals surface area contributed by atoms with Crippen molar-refractivity contribution < 1.29 is 24.2 Å². The van der Waals surface area contributed by atoms with Gasteiger partial charge in [0, 0.05) is 6.04 Å². The van der Waals surface area contributed by atoms with Gasteiger partial charge in [-0.1, -0.05) is 26.2 Å². The Bertz CT molecular complexity index is 524. The van der Waals surface area contributed by atoms with E-state index >= 15 is 0 Å². The van der Waals surface area contributed by atoms with Crippen molar-refractivity contribution in [3.63, 3.8) is 0 Å². The fraction of sp³-hybridized carbons (Fsp3) is 0.842. The summed E-state index contributed by atoms with van der Waals surface area (Å²) in [6.07, 6.45) is 5.69. The Morgan fingerprint density at radius 1 is 1.23 bits per heavy atom. The first-order valence-corrected chi connectivity index (χ1v) is 9.86. The van der Waals surface area contributed by atoms with Crippen LogP contribution in [0, 0.1) is 5.92 Å². The number of ether oxygens (including phenoxy) is 1. The number of carbonyl (C=O) groups is 3. The summed E-state index contributed by atoms with van der Waals surface area (Å²) >= 11 is 0. The Kier molecular flexibility index (Phi) is 7.43. The number of esters is 1. The summed E-state index contributed by atoms with van der Waals surface area (Å²) in [5.74, 6) is -1.59. The maximum absolute atomic E-state index is 13.1. The van der Waals surface area contributed by atoms with Crippen molar-refractivity contribution in [3.8, 4) is 0 Å². The van der Waals surface area contributed by atoms with Crippen LogP contribution in [0.15, 0.2) is 0 Å². The number of carboxylic acids is 1. The minimum atomic E-state index is -1.18. The number of carboxylic acid groups (broad SMARTS) is 1. The number of rotatable bonds is 8. The van der Waals surface area contributed by atoms with Gasteiger partial charge in [0.1, 0.15) is 6.04 Å². The second-order valence-electron chi connectivity index (χ2n) is 7.41. The molecule has 0 aromatic carbocycles. The van der Waals surface area contributed by atoms with E-state index in [1.165, 1.54) is 4.90 Å². The van der Waals surface area contributed by atoms with E-state index in [0.29, 0.717) is 12.8 Å². The Morgan fingerprint density at radius 2 is 1.92 bits per heavy atom. The number of fused-ring (bicyclic) bond motifs is 1. The van der Waals surface area contributed by atoms with Gasteiger partial charge in [0.2, 0.25) is 5.91 Å². The lowest BCUT2D eigenvalue weighted by molar-refractivity contribution is -0.310. The molecule has 1 heterocycles. The van der Waals surface area contributed by atoms with E-state index in [4.69, 9.17) is 4.74 Å². The highest BCUT2D eigenvalue weighted by molar-refractivity contribution is 5.88. The summed E-state index contributed by atoms with van der Waals surface area (Å²) in [7, 11) is 0. The molecular weight excluding hydrogens is 336 g/mol. The van der Waals surface area contributed by atoms with Crippen molar-refractivity contribution in [1.82, 2.24) is 10.2 Å². The van der Waals surface area contributed by atoms with Crippen molar-refractivity contribution in [2.24, 2.45) is 5.92 Å². The van der Waals surface area contributed by atoms with Gasteiger partial charge in [-0.3, -0.25) is 14.9 Å². The summed E-state index contributed by atoms with van der Waals surface area (Å²) in [6.45, 7) is 5.67. The van der Waals surface area contributed by atoms with Gasteiger partial charge in [0.05, 0.1) is 24.7 Å². The normalized spacial score (nSPS) is 27.5. The van der Waals surface area contributed by atoms with Crippen LogP contribution in [0.4, 0.5) is 0 Å². The van der Waals surface area contributed by atoms with Gasteiger partial charge in [0.25, 0.3) is 0 Å². The Morgan fingerprint density at radius 3 is 2.54 bits per heavy atom. The lowest BCUT2D eigenvalue weighted by Gasteiger charge is -2.36. The number of carbonyl (C=O) groups excluding carboxylic acids is 3. The fourth-order valence-corrected chi connectivity index (χ4v) is 4.38. The van der Waals surface area contributed by atoms with Crippen LogP contribution in [0.25, 0.3) is 0 Å². The monoisotopic (exact) mass is 367 g/mol. The predicted molar refractivity (Wildman–Crippen MR) is 93.9 cm³/mol. The van der Waals surface area contributed by atoms with Crippen LogP contribution < -0.4 is 10.4 Å². The number of hydrogen-bond acceptors (Lipinski definition) is 6. The number of nitrogens with zero attached hydrogens (tertiary/aromatic N) is 1. The lowest BCUT2D eigenvalue weighted by atomic mass is 9.84. The minimum absolute atomic E-state index is 0.0318. The van der Waals surface area contributed by atoms with Crippen molar-refractivity contribution in [1.29, 1.82) is 0 Å². The largest absolute Gasteiger partial charge is 0.548 e.